The number of ether oxygens (including phenoxy) is 1. The number of carbonyl (C=O) groups excluding carboxylic acids is 2. The molecule has 10 heteroatoms. The van der Waals surface area contributed by atoms with Gasteiger partial charge in [0.05, 0.1) is 17.7 Å². The Kier molecular flexibility index (Phi) is 11.4. The highest BCUT2D eigenvalue weighted by molar-refractivity contribution is 7.92. The van der Waals surface area contributed by atoms with Crippen LogP contribution in [0.4, 0.5) is 5.69 Å². The van der Waals surface area contributed by atoms with E-state index in [0.29, 0.717) is 29.3 Å². The zero-order valence-electron chi connectivity index (χ0n) is 24.7. The zero-order valence-corrected chi connectivity index (χ0v) is 26.3. The van der Waals surface area contributed by atoms with E-state index in [2.05, 4.69) is 5.32 Å². The van der Waals surface area contributed by atoms with Crippen LogP contribution in [-0.2, 0) is 32.6 Å². The first kappa shape index (κ1) is 32.6. The van der Waals surface area contributed by atoms with Gasteiger partial charge in [-0.3, -0.25) is 13.9 Å². The molecule has 0 aliphatic carbocycles. The van der Waals surface area contributed by atoms with Crippen molar-refractivity contribution in [3.05, 3.63) is 125 Å². The molecule has 2 amide bonds. The van der Waals surface area contributed by atoms with E-state index in [4.69, 9.17) is 16.3 Å². The molecule has 0 saturated carbocycles. The number of anilines is 1. The SMILES string of the molecule is CCCNC(=O)[C@H](Cc1ccccc1)N(Cc1cccc(Cl)c1)C(=O)CN(c1ccc(OC)cc1)S(=O)(=O)c1ccccc1. The van der Waals surface area contributed by atoms with Crippen molar-refractivity contribution in [3.63, 3.8) is 0 Å². The smallest absolute Gasteiger partial charge is 0.264 e. The van der Waals surface area contributed by atoms with Gasteiger partial charge in [0.1, 0.15) is 18.3 Å². The van der Waals surface area contributed by atoms with Gasteiger partial charge in [0.15, 0.2) is 0 Å². The van der Waals surface area contributed by atoms with Crippen LogP contribution in [0, 0.1) is 0 Å². The van der Waals surface area contributed by atoms with Gasteiger partial charge >= 0.3 is 0 Å². The molecule has 0 heterocycles. The lowest BCUT2D eigenvalue weighted by atomic mass is 10.0. The minimum atomic E-state index is -4.18. The van der Waals surface area contributed by atoms with E-state index in [1.165, 1.54) is 24.1 Å². The van der Waals surface area contributed by atoms with Crippen molar-refractivity contribution in [3.8, 4) is 5.75 Å². The molecule has 4 aromatic rings. The summed E-state index contributed by atoms with van der Waals surface area (Å²) in [5.74, 6) is -0.337. The number of nitrogens with zero attached hydrogens (tertiary/aromatic N) is 2. The number of hydrogen-bond donors (Lipinski definition) is 1. The van der Waals surface area contributed by atoms with Crippen LogP contribution >= 0.6 is 11.6 Å². The van der Waals surface area contributed by atoms with Crippen molar-refractivity contribution < 1.29 is 22.7 Å². The number of methoxy groups -OCH3 is 1. The molecule has 0 aliphatic rings. The maximum Gasteiger partial charge on any atom is 0.264 e. The fourth-order valence-corrected chi connectivity index (χ4v) is 6.40. The van der Waals surface area contributed by atoms with E-state index in [-0.39, 0.29) is 29.5 Å². The largest absolute Gasteiger partial charge is 0.497 e. The molecule has 8 nitrogen and oxygen atoms in total. The molecule has 0 radical (unpaired) electrons. The maximum absolute atomic E-state index is 14.4. The fraction of sp³-hybridized carbons (Fsp3) is 0.235. The van der Waals surface area contributed by atoms with Gasteiger partial charge < -0.3 is 15.0 Å². The van der Waals surface area contributed by atoms with Gasteiger partial charge in [-0.1, -0.05) is 79.2 Å². The third kappa shape index (κ3) is 8.39. The molecule has 0 saturated heterocycles. The van der Waals surface area contributed by atoms with Gasteiger partial charge in [-0.2, -0.15) is 0 Å². The van der Waals surface area contributed by atoms with Crippen LogP contribution < -0.4 is 14.4 Å². The summed E-state index contributed by atoms with van der Waals surface area (Å²) in [4.78, 5) is 29.6. The van der Waals surface area contributed by atoms with Crippen molar-refractivity contribution in [2.24, 2.45) is 0 Å². The van der Waals surface area contributed by atoms with Gasteiger partial charge in [-0.15, -0.1) is 0 Å². The number of benzene rings is 4. The summed E-state index contributed by atoms with van der Waals surface area (Å²) in [6.07, 6.45) is 0.948. The molecule has 44 heavy (non-hydrogen) atoms. The molecule has 4 rings (SSSR count). The van der Waals surface area contributed by atoms with E-state index < -0.39 is 28.5 Å². The number of hydrogen-bond acceptors (Lipinski definition) is 5. The van der Waals surface area contributed by atoms with Crippen molar-refractivity contribution in [2.75, 3.05) is 24.5 Å². The Bertz CT molecular complexity index is 1630. The van der Waals surface area contributed by atoms with E-state index in [1.807, 2.05) is 43.3 Å². The van der Waals surface area contributed by atoms with Gasteiger partial charge in [0, 0.05) is 24.5 Å². The number of halogens is 1. The molecule has 1 N–H and O–H groups in total. The molecule has 0 unspecified atom stereocenters. The molecular formula is C34H36ClN3O5S. The fourth-order valence-electron chi connectivity index (χ4n) is 4.75. The monoisotopic (exact) mass is 633 g/mol. The number of sulfonamides is 1. The first-order valence-electron chi connectivity index (χ1n) is 14.3. The lowest BCUT2D eigenvalue weighted by Crippen LogP contribution is -2.53. The average Bonchev–Trinajstić information content (AvgIpc) is 3.05. The summed E-state index contributed by atoms with van der Waals surface area (Å²) >= 11 is 6.28. The molecule has 0 spiro atoms. The highest BCUT2D eigenvalue weighted by Crippen LogP contribution is 2.27. The Balaban J connectivity index is 1.79. The molecule has 1 atom stereocenters. The quantitative estimate of drug-likeness (QED) is 0.192. The van der Waals surface area contributed by atoms with Crippen molar-refractivity contribution in [2.45, 2.75) is 37.2 Å². The van der Waals surface area contributed by atoms with E-state index in [0.717, 1.165) is 9.87 Å². The van der Waals surface area contributed by atoms with Crippen LogP contribution in [0.25, 0.3) is 0 Å². The predicted octanol–water partition coefficient (Wildman–Crippen LogP) is 5.71. The highest BCUT2D eigenvalue weighted by atomic mass is 35.5. The van der Waals surface area contributed by atoms with Crippen LogP contribution in [0.15, 0.2) is 114 Å². The third-order valence-corrected chi connectivity index (χ3v) is 9.06. The van der Waals surface area contributed by atoms with Gasteiger partial charge in [0.2, 0.25) is 11.8 Å². The van der Waals surface area contributed by atoms with Crippen LogP contribution in [0.2, 0.25) is 5.02 Å². The Hall–Kier alpha value is -4.34. The van der Waals surface area contributed by atoms with Gasteiger partial charge in [-0.05, 0) is 66.1 Å². The summed E-state index contributed by atoms with van der Waals surface area (Å²) < 4.78 is 34.4. The summed E-state index contributed by atoms with van der Waals surface area (Å²) in [6.45, 7) is 1.88. The Morgan fingerprint density at radius 1 is 0.864 bits per heavy atom. The highest BCUT2D eigenvalue weighted by Gasteiger charge is 2.34. The summed E-state index contributed by atoms with van der Waals surface area (Å²) in [7, 11) is -2.66. The van der Waals surface area contributed by atoms with E-state index in [1.54, 1.807) is 60.7 Å². The van der Waals surface area contributed by atoms with Gasteiger partial charge in [-0.25, -0.2) is 8.42 Å². The summed E-state index contributed by atoms with van der Waals surface area (Å²) in [6, 6.07) is 29.9. The van der Waals surface area contributed by atoms with Crippen LogP contribution in [0.3, 0.4) is 0 Å². The first-order chi connectivity index (χ1) is 21.2. The third-order valence-electron chi connectivity index (χ3n) is 7.03. The van der Waals surface area contributed by atoms with E-state index >= 15 is 0 Å². The molecular weight excluding hydrogens is 598 g/mol. The standard InChI is InChI=1S/C34H36ClN3O5S/c1-3-21-36-34(40)32(23-26-11-6-4-7-12-26)37(24-27-13-10-14-28(35)22-27)33(39)25-38(29-17-19-30(43-2)20-18-29)44(41,42)31-15-8-5-9-16-31/h4-20,22,32H,3,21,23-25H2,1-2H3,(H,36,40)/t32-/m0/s1. The second kappa shape index (κ2) is 15.4. The number of carbonyl (C=O) groups is 2. The zero-order chi connectivity index (χ0) is 31.5. The van der Waals surface area contributed by atoms with E-state index in [9.17, 15) is 18.0 Å². The minimum Gasteiger partial charge on any atom is -0.497 e. The van der Waals surface area contributed by atoms with Crippen LogP contribution in [0.1, 0.15) is 24.5 Å². The number of rotatable bonds is 14. The molecule has 4 aromatic carbocycles. The first-order valence-corrected chi connectivity index (χ1v) is 16.1. The van der Waals surface area contributed by atoms with Crippen LogP contribution in [-0.4, -0.2) is 51.4 Å². The molecule has 0 aromatic heterocycles. The lowest BCUT2D eigenvalue weighted by molar-refractivity contribution is -0.140. The molecule has 0 aliphatic heterocycles. The normalized spacial score (nSPS) is 11.8. The molecule has 0 fully saturated rings. The Labute approximate surface area is 264 Å². The summed E-state index contributed by atoms with van der Waals surface area (Å²) in [5.41, 5.74) is 1.84. The Morgan fingerprint density at radius 2 is 1.50 bits per heavy atom. The summed E-state index contributed by atoms with van der Waals surface area (Å²) in [5, 5.41) is 3.42. The van der Waals surface area contributed by atoms with Gasteiger partial charge in [0.25, 0.3) is 10.0 Å². The molecule has 230 valence electrons. The lowest BCUT2D eigenvalue weighted by Gasteiger charge is -2.34. The average molecular weight is 634 g/mol. The molecule has 0 bridgehead atoms. The predicted molar refractivity (Wildman–Crippen MR) is 173 cm³/mol. The van der Waals surface area contributed by atoms with Crippen molar-refractivity contribution >= 4 is 39.1 Å². The number of nitrogens with one attached hydrogen (secondary N) is 1. The minimum absolute atomic E-state index is 0.0338. The maximum atomic E-state index is 14.4. The van der Waals surface area contributed by atoms with Crippen molar-refractivity contribution in [1.82, 2.24) is 10.2 Å². The Morgan fingerprint density at radius 3 is 2.11 bits per heavy atom. The van der Waals surface area contributed by atoms with Crippen molar-refractivity contribution in [1.29, 1.82) is 0 Å². The second-order valence-electron chi connectivity index (χ2n) is 10.2. The number of amides is 2. The second-order valence-corrected chi connectivity index (χ2v) is 12.5. The topological polar surface area (TPSA) is 96.0 Å². The van der Waals surface area contributed by atoms with Crippen LogP contribution in [0.5, 0.6) is 5.75 Å².